The number of rotatable bonds is 8. The van der Waals surface area contributed by atoms with Crippen LogP contribution in [0.4, 0.5) is 0 Å². The number of aryl methyl sites for hydroxylation is 1. The van der Waals surface area contributed by atoms with Crippen molar-refractivity contribution in [2.24, 2.45) is 0 Å². The first kappa shape index (κ1) is 17.6. The summed E-state index contributed by atoms with van der Waals surface area (Å²) in [5.74, 6) is 1.38. The van der Waals surface area contributed by atoms with Gasteiger partial charge in [-0.2, -0.15) is 4.98 Å². The predicted molar refractivity (Wildman–Crippen MR) is 99.5 cm³/mol. The molecule has 1 aromatic heterocycles. The van der Waals surface area contributed by atoms with Gasteiger partial charge in [0.15, 0.2) is 5.82 Å². The van der Waals surface area contributed by atoms with Crippen LogP contribution < -0.4 is 5.32 Å². The molecule has 130 valence electrons. The number of nitrogens with one attached hydrogen (secondary N) is 1. The van der Waals surface area contributed by atoms with Crippen molar-refractivity contribution in [3.63, 3.8) is 0 Å². The molecular formula is C20H22ClN3O. The van der Waals surface area contributed by atoms with Crippen LogP contribution in [-0.2, 0) is 13.0 Å². The highest BCUT2D eigenvalue weighted by Gasteiger charge is 2.15. The smallest absolute Gasteiger partial charge is 0.240 e. The number of unbranched alkanes of at least 4 members (excludes halogenated alkanes) is 1. The Hall–Kier alpha value is -2.17. The van der Waals surface area contributed by atoms with E-state index in [1.165, 1.54) is 0 Å². The molecule has 3 rings (SSSR count). The molecule has 1 heterocycles. The van der Waals surface area contributed by atoms with Crippen molar-refractivity contribution in [2.45, 2.75) is 38.8 Å². The quantitative estimate of drug-likeness (QED) is 0.621. The van der Waals surface area contributed by atoms with Gasteiger partial charge >= 0.3 is 0 Å². The number of nitrogens with zero attached hydrogens (tertiary/aromatic N) is 2. The van der Waals surface area contributed by atoms with E-state index in [0.29, 0.717) is 12.4 Å². The third-order valence-electron chi connectivity index (χ3n) is 4.04. The summed E-state index contributed by atoms with van der Waals surface area (Å²) in [5.41, 5.74) is 2.26. The summed E-state index contributed by atoms with van der Waals surface area (Å²) in [7, 11) is 0. The Balaban J connectivity index is 1.75. The van der Waals surface area contributed by atoms with Crippen molar-refractivity contribution in [1.82, 2.24) is 15.5 Å². The van der Waals surface area contributed by atoms with E-state index < -0.39 is 0 Å². The van der Waals surface area contributed by atoms with Crippen molar-refractivity contribution < 1.29 is 4.52 Å². The summed E-state index contributed by atoms with van der Waals surface area (Å²) in [6.45, 7) is 2.66. The summed E-state index contributed by atoms with van der Waals surface area (Å²) in [6, 6.07) is 18.2. The lowest BCUT2D eigenvalue weighted by atomic mass is 9.99. The minimum absolute atomic E-state index is 0.00546. The van der Waals surface area contributed by atoms with Crippen LogP contribution in [0.25, 0.3) is 0 Å². The predicted octanol–water partition coefficient (Wildman–Crippen LogP) is 4.94. The van der Waals surface area contributed by atoms with E-state index in [4.69, 9.17) is 16.1 Å². The first-order chi connectivity index (χ1) is 12.3. The summed E-state index contributed by atoms with van der Waals surface area (Å²) >= 11 is 6.18. The average Bonchev–Trinajstić information content (AvgIpc) is 3.09. The minimum Gasteiger partial charge on any atom is -0.338 e. The van der Waals surface area contributed by atoms with Gasteiger partial charge in [-0.3, -0.25) is 5.32 Å². The molecule has 0 spiro atoms. The largest absolute Gasteiger partial charge is 0.338 e. The first-order valence-electron chi connectivity index (χ1n) is 8.61. The molecule has 1 unspecified atom stereocenters. The third kappa shape index (κ3) is 4.91. The van der Waals surface area contributed by atoms with Gasteiger partial charge < -0.3 is 4.52 Å². The maximum atomic E-state index is 6.18. The molecule has 0 aliphatic rings. The van der Waals surface area contributed by atoms with E-state index >= 15 is 0 Å². The van der Waals surface area contributed by atoms with Crippen LogP contribution >= 0.6 is 11.6 Å². The molecule has 25 heavy (non-hydrogen) atoms. The summed E-state index contributed by atoms with van der Waals surface area (Å²) in [4.78, 5) is 4.46. The van der Waals surface area contributed by atoms with Gasteiger partial charge in [0.05, 0.1) is 12.6 Å². The Bertz CT molecular complexity index is 788. The highest BCUT2D eigenvalue weighted by atomic mass is 35.5. The lowest BCUT2D eigenvalue weighted by Gasteiger charge is -2.19. The Morgan fingerprint density at radius 3 is 2.64 bits per heavy atom. The second kappa shape index (κ2) is 8.79. The van der Waals surface area contributed by atoms with Crippen molar-refractivity contribution in [3.05, 3.63) is 82.5 Å². The maximum Gasteiger partial charge on any atom is 0.240 e. The van der Waals surface area contributed by atoms with Crippen molar-refractivity contribution >= 4 is 11.6 Å². The zero-order valence-corrected chi connectivity index (χ0v) is 15.0. The van der Waals surface area contributed by atoms with Crippen LogP contribution in [0.5, 0.6) is 0 Å². The van der Waals surface area contributed by atoms with Crippen molar-refractivity contribution in [1.29, 1.82) is 0 Å². The normalized spacial score (nSPS) is 12.2. The first-order valence-corrected chi connectivity index (χ1v) is 8.99. The van der Waals surface area contributed by atoms with E-state index in [1.54, 1.807) is 0 Å². The SMILES string of the molecule is CCCCc1noc(CNC(c2ccccc2)c2cccc(Cl)c2)n1. The third-order valence-corrected chi connectivity index (χ3v) is 4.27. The van der Waals surface area contributed by atoms with Gasteiger partial charge in [0.1, 0.15) is 0 Å². The van der Waals surface area contributed by atoms with Crippen LogP contribution in [-0.4, -0.2) is 10.1 Å². The highest BCUT2D eigenvalue weighted by molar-refractivity contribution is 6.30. The standard InChI is InChI=1S/C20H22ClN3O/c1-2-3-12-18-23-19(25-24-18)14-22-20(15-8-5-4-6-9-15)16-10-7-11-17(21)13-16/h4-11,13,20,22H,2-3,12,14H2,1H3. The molecule has 5 heteroatoms. The molecule has 0 saturated carbocycles. The number of benzene rings is 2. The number of halogens is 1. The van der Waals surface area contributed by atoms with Crippen LogP contribution in [0.15, 0.2) is 59.1 Å². The molecule has 2 aromatic carbocycles. The molecule has 1 N–H and O–H groups in total. The van der Waals surface area contributed by atoms with Crippen LogP contribution in [0.2, 0.25) is 5.02 Å². The topological polar surface area (TPSA) is 51.0 Å². The monoisotopic (exact) mass is 355 g/mol. The van der Waals surface area contributed by atoms with Crippen molar-refractivity contribution in [3.8, 4) is 0 Å². The number of aromatic nitrogens is 2. The Kier molecular flexibility index (Phi) is 6.20. The lowest BCUT2D eigenvalue weighted by molar-refractivity contribution is 0.358. The fourth-order valence-corrected chi connectivity index (χ4v) is 2.95. The maximum absolute atomic E-state index is 6.18. The summed E-state index contributed by atoms with van der Waals surface area (Å²) in [5, 5.41) is 8.28. The highest BCUT2D eigenvalue weighted by Crippen LogP contribution is 2.24. The summed E-state index contributed by atoms with van der Waals surface area (Å²) in [6.07, 6.45) is 3.05. The van der Waals surface area contributed by atoms with Gasteiger partial charge in [-0.1, -0.05) is 72.6 Å². The van der Waals surface area contributed by atoms with Crippen LogP contribution in [0.1, 0.15) is 48.6 Å². The molecule has 0 radical (unpaired) electrons. The van der Waals surface area contributed by atoms with Crippen LogP contribution in [0, 0.1) is 0 Å². The van der Waals surface area contributed by atoms with Crippen molar-refractivity contribution in [2.75, 3.05) is 0 Å². The average molecular weight is 356 g/mol. The van der Waals surface area contributed by atoms with E-state index in [-0.39, 0.29) is 6.04 Å². The molecule has 0 amide bonds. The van der Waals surface area contributed by atoms with E-state index in [0.717, 1.165) is 41.2 Å². The van der Waals surface area contributed by atoms with Gasteiger partial charge in [0.25, 0.3) is 0 Å². The molecule has 0 aliphatic heterocycles. The van der Waals surface area contributed by atoms with Gasteiger partial charge in [0, 0.05) is 11.4 Å². The number of hydrogen-bond donors (Lipinski definition) is 1. The molecule has 0 aliphatic carbocycles. The van der Waals surface area contributed by atoms with Gasteiger partial charge in [0.2, 0.25) is 5.89 Å². The fraction of sp³-hybridized carbons (Fsp3) is 0.300. The minimum atomic E-state index is 0.00546. The molecule has 0 fully saturated rings. The molecule has 0 saturated heterocycles. The number of hydrogen-bond acceptors (Lipinski definition) is 4. The molecule has 3 aromatic rings. The molecular weight excluding hydrogens is 334 g/mol. The summed E-state index contributed by atoms with van der Waals surface area (Å²) < 4.78 is 5.36. The zero-order chi connectivity index (χ0) is 17.5. The zero-order valence-electron chi connectivity index (χ0n) is 14.3. The lowest BCUT2D eigenvalue weighted by Crippen LogP contribution is -2.22. The van der Waals surface area contributed by atoms with E-state index in [2.05, 4.69) is 40.6 Å². The van der Waals surface area contributed by atoms with Crippen LogP contribution in [0.3, 0.4) is 0 Å². The molecule has 1 atom stereocenters. The molecule has 4 nitrogen and oxygen atoms in total. The Morgan fingerprint density at radius 2 is 1.88 bits per heavy atom. The molecule has 0 bridgehead atoms. The Labute approximate surface area is 153 Å². The Morgan fingerprint density at radius 1 is 1.08 bits per heavy atom. The van der Waals surface area contributed by atoms with E-state index in [9.17, 15) is 0 Å². The van der Waals surface area contributed by atoms with Gasteiger partial charge in [-0.05, 0) is 29.7 Å². The second-order valence-electron chi connectivity index (χ2n) is 5.99. The van der Waals surface area contributed by atoms with Gasteiger partial charge in [-0.25, -0.2) is 0 Å². The van der Waals surface area contributed by atoms with E-state index in [1.807, 2.05) is 36.4 Å². The second-order valence-corrected chi connectivity index (χ2v) is 6.42. The van der Waals surface area contributed by atoms with Gasteiger partial charge in [-0.15, -0.1) is 0 Å². The fourth-order valence-electron chi connectivity index (χ4n) is 2.75.